The molecule has 2 amide bonds. The Kier molecular flexibility index (Phi) is 6.28. The van der Waals surface area contributed by atoms with Crippen molar-refractivity contribution in [3.63, 3.8) is 0 Å². The highest BCUT2D eigenvalue weighted by Crippen LogP contribution is 2.33. The van der Waals surface area contributed by atoms with Gasteiger partial charge in [-0.3, -0.25) is 4.79 Å². The van der Waals surface area contributed by atoms with Crippen LogP contribution in [0.4, 0.5) is 4.79 Å². The van der Waals surface area contributed by atoms with Gasteiger partial charge in [-0.15, -0.1) is 0 Å². The third kappa shape index (κ3) is 5.66. The average molecular weight is 348 g/mol. The lowest BCUT2D eigenvalue weighted by Gasteiger charge is -2.25. The number of rotatable bonds is 5. The molecule has 1 heterocycles. The molecule has 1 N–H and O–H groups in total. The Bertz CT molecular complexity index is 610. The lowest BCUT2D eigenvalue weighted by atomic mass is 10.0. The van der Waals surface area contributed by atoms with Gasteiger partial charge in [0.2, 0.25) is 5.91 Å². The number of amides is 2. The molecule has 0 radical (unpaired) electrons. The molecular weight excluding hydrogens is 320 g/mol. The van der Waals surface area contributed by atoms with E-state index in [1.54, 1.807) is 27.9 Å². The topological polar surface area (TPSA) is 67.9 Å². The zero-order chi connectivity index (χ0) is 18.4. The fraction of sp³-hybridized carbons (Fsp3) is 0.579. The van der Waals surface area contributed by atoms with Crippen LogP contribution in [0.5, 0.6) is 5.75 Å². The molecule has 1 unspecified atom stereocenters. The first kappa shape index (κ1) is 19.1. The van der Waals surface area contributed by atoms with Crippen molar-refractivity contribution >= 4 is 12.0 Å². The number of hydrogen-bond donors (Lipinski definition) is 1. The third-order valence-electron chi connectivity index (χ3n) is 4.06. The van der Waals surface area contributed by atoms with Crippen LogP contribution >= 0.6 is 0 Å². The van der Waals surface area contributed by atoms with Crippen molar-refractivity contribution in [1.29, 1.82) is 0 Å². The van der Waals surface area contributed by atoms with Crippen LogP contribution in [0.3, 0.4) is 0 Å². The molecule has 2 rings (SSSR count). The molecule has 0 aliphatic carbocycles. The van der Waals surface area contributed by atoms with Gasteiger partial charge in [-0.25, -0.2) is 4.79 Å². The zero-order valence-electron chi connectivity index (χ0n) is 15.5. The smallest absolute Gasteiger partial charge is 0.407 e. The molecule has 0 spiro atoms. The molecule has 6 nitrogen and oxygen atoms in total. The molecule has 0 saturated carbocycles. The third-order valence-corrected chi connectivity index (χ3v) is 4.06. The van der Waals surface area contributed by atoms with Crippen LogP contribution in [0, 0.1) is 0 Å². The maximum Gasteiger partial charge on any atom is 0.407 e. The second kappa shape index (κ2) is 8.23. The van der Waals surface area contributed by atoms with Crippen LogP contribution in [0.1, 0.15) is 51.6 Å². The van der Waals surface area contributed by atoms with Crippen LogP contribution in [0.25, 0.3) is 0 Å². The predicted octanol–water partition coefficient (Wildman–Crippen LogP) is 3.27. The number of nitrogens with one attached hydrogen (secondary N) is 1. The van der Waals surface area contributed by atoms with Crippen molar-refractivity contribution in [2.45, 2.75) is 51.7 Å². The summed E-state index contributed by atoms with van der Waals surface area (Å²) in [5.41, 5.74) is 0.547. The van der Waals surface area contributed by atoms with Crippen LogP contribution in [0.2, 0.25) is 0 Å². The molecule has 25 heavy (non-hydrogen) atoms. The quantitative estimate of drug-likeness (QED) is 0.887. The molecular formula is C19H28N2O4. The SMILES string of the molecule is COc1cccc(C2CCCN2C(=O)CCNC(=O)OC(C)(C)C)c1. The maximum atomic E-state index is 12.6. The van der Waals surface area contributed by atoms with Crippen molar-refractivity contribution in [2.24, 2.45) is 0 Å². The number of ether oxygens (including phenoxy) is 2. The summed E-state index contributed by atoms with van der Waals surface area (Å²) in [7, 11) is 1.64. The van der Waals surface area contributed by atoms with E-state index in [2.05, 4.69) is 5.32 Å². The second-order valence-electron chi connectivity index (χ2n) is 7.20. The summed E-state index contributed by atoms with van der Waals surface area (Å²) in [6.45, 7) is 6.43. The molecule has 0 aromatic heterocycles. The van der Waals surface area contributed by atoms with Crippen LogP contribution in [-0.4, -0.2) is 42.7 Å². The number of hydrogen-bond acceptors (Lipinski definition) is 4. The highest BCUT2D eigenvalue weighted by Gasteiger charge is 2.29. The van der Waals surface area contributed by atoms with Gasteiger partial charge in [0.1, 0.15) is 11.4 Å². The molecule has 1 aliphatic rings. The summed E-state index contributed by atoms with van der Waals surface area (Å²) in [6, 6.07) is 7.92. The fourth-order valence-electron chi connectivity index (χ4n) is 2.99. The van der Waals surface area contributed by atoms with E-state index in [0.29, 0.717) is 0 Å². The molecule has 138 valence electrons. The standard InChI is InChI=1S/C19H28N2O4/c1-19(2,3)25-18(23)20-11-10-17(22)21-12-6-9-16(21)14-7-5-8-15(13-14)24-4/h5,7-8,13,16H,6,9-12H2,1-4H3,(H,20,23). The van der Waals surface area contributed by atoms with Crippen molar-refractivity contribution in [3.05, 3.63) is 29.8 Å². The van der Waals surface area contributed by atoms with Crippen molar-refractivity contribution in [3.8, 4) is 5.75 Å². The van der Waals surface area contributed by atoms with E-state index in [9.17, 15) is 9.59 Å². The van der Waals surface area contributed by atoms with Crippen LogP contribution in [0.15, 0.2) is 24.3 Å². The van der Waals surface area contributed by atoms with Crippen LogP contribution < -0.4 is 10.1 Å². The minimum absolute atomic E-state index is 0.0429. The Morgan fingerprint density at radius 1 is 1.32 bits per heavy atom. The minimum atomic E-state index is -0.541. The van der Waals surface area contributed by atoms with Crippen molar-refractivity contribution in [1.82, 2.24) is 10.2 Å². The van der Waals surface area contributed by atoms with Crippen LogP contribution in [-0.2, 0) is 9.53 Å². The van der Waals surface area contributed by atoms with E-state index >= 15 is 0 Å². The molecule has 1 aromatic carbocycles. The largest absolute Gasteiger partial charge is 0.497 e. The number of nitrogens with zero attached hydrogens (tertiary/aromatic N) is 1. The molecule has 1 aromatic rings. The predicted molar refractivity (Wildman–Crippen MR) is 95.5 cm³/mol. The Morgan fingerprint density at radius 2 is 2.08 bits per heavy atom. The first-order valence-electron chi connectivity index (χ1n) is 8.70. The Labute approximate surface area is 149 Å². The van der Waals surface area contributed by atoms with E-state index in [-0.39, 0.29) is 24.9 Å². The van der Waals surface area contributed by atoms with Crippen molar-refractivity contribution in [2.75, 3.05) is 20.2 Å². The lowest BCUT2D eigenvalue weighted by Crippen LogP contribution is -2.36. The fourth-order valence-corrected chi connectivity index (χ4v) is 2.99. The number of methoxy groups -OCH3 is 1. The molecule has 0 bridgehead atoms. The number of benzene rings is 1. The Hall–Kier alpha value is -2.24. The number of alkyl carbamates (subject to hydrolysis) is 1. The second-order valence-corrected chi connectivity index (χ2v) is 7.20. The van der Waals surface area contributed by atoms with Gasteiger partial charge in [0.15, 0.2) is 0 Å². The van der Waals surface area contributed by atoms with Gasteiger partial charge < -0.3 is 19.7 Å². The first-order valence-corrected chi connectivity index (χ1v) is 8.70. The van der Waals surface area contributed by atoms with Gasteiger partial charge in [-0.1, -0.05) is 12.1 Å². The van der Waals surface area contributed by atoms with Gasteiger partial charge in [-0.05, 0) is 51.3 Å². The molecule has 1 fully saturated rings. The minimum Gasteiger partial charge on any atom is -0.497 e. The summed E-state index contributed by atoms with van der Waals surface area (Å²) < 4.78 is 10.4. The normalized spacial score (nSPS) is 17.3. The Balaban J connectivity index is 1.89. The molecule has 1 aliphatic heterocycles. The summed E-state index contributed by atoms with van der Waals surface area (Å²) >= 11 is 0. The summed E-state index contributed by atoms with van der Waals surface area (Å²) in [5, 5.41) is 2.64. The van der Waals surface area contributed by atoms with E-state index in [1.165, 1.54) is 0 Å². The lowest BCUT2D eigenvalue weighted by molar-refractivity contribution is -0.132. The van der Waals surface area contributed by atoms with Gasteiger partial charge in [-0.2, -0.15) is 0 Å². The first-order chi connectivity index (χ1) is 11.8. The molecule has 6 heteroatoms. The maximum absolute atomic E-state index is 12.6. The van der Waals surface area contributed by atoms with Gasteiger partial charge >= 0.3 is 6.09 Å². The average Bonchev–Trinajstić information content (AvgIpc) is 3.02. The van der Waals surface area contributed by atoms with Gasteiger partial charge in [0.05, 0.1) is 13.2 Å². The zero-order valence-corrected chi connectivity index (χ0v) is 15.5. The number of carbonyl (C=O) groups excluding carboxylic acids is 2. The van der Waals surface area contributed by atoms with E-state index in [4.69, 9.17) is 9.47 Å². The Morgan fingerprint density at radius 3 is 2.76 bits per heavy atom. The highest BCUT2D eigenvalue weighted by molar-refractivity contribution is 5.78. The summed E-state index contributed by atoms with van der Waals surface area (Å²) in [5.74, 6) is 0.838. The summed E-state index contributed by atoms with van der Waals surface area (Å²) in [6.07, 6.45) is 1.69. The van der Waals surface area contributed by atoms with Gasteiger partial charge in [0, 0.05) is 19.5 Å². The highest BCUT2D eigenvalue weighted by atomic mass is 16.6. The van der Waals surface area contributed by atoms with E-state index in [0.717, 1.165) is 30.7 Å². The van der Waals surface area contributed by atoms with Gasteiger partial charge in [0.25, 0.3) is 0 Å². The van der Waals surface area contributed by atoms with E-state index < -0.39 is 11.7 Å². The number of likely N-dealkylation sites (tertiary alicyclic amines) is 1. The molecule has 1 atom stereocenters. The number of carbonyl (C=O) groups is 2. The monoisotopic (exact) mass is 348 g/mol. The summed E-state index contributed by atoms with van der Waals surface area (Å²) in [4.78, 5) is 26.1. The van der Waals surface area contributed by atoms with E-state index in [1.807, 2.05) is 29.2 Å². The molecule has 1 saturated heterocycles. The van der Waals surface area contributed by atoms with Crippen molar-refractivity contribution < 1.29 is 19.1 Å².